The number of nitrogens with one attached hydrogen (secondary N) is 1. The van der Waals surface area contributed by atoms with E-state index in [1.54, 1.807) is 13.0 Å². The molecule has 1 fully saturated rings. The van der Waals surface area contributed by atoms with Gasteiger partial charge in [-0.25, -0.2) is 4.79 Å². The second-order valence-corrected chi connectivity index (χ2v) is 10.7. The Morgan fingerprint density at radius 3 is 2.40 bits per heavy atom. The van der Waals surface area contributed by atoms with Crippen molar-refractivity contribution >= 4 is 29.2 Å². The Morgan fingerprint density at radius 2 is 1.80 bits per heavy atom. The Bertz CT molecular complexity index is 1220. The number of aliphatic hydroxyl groups is 1. The van der Waals surface area contributed by atoms with Gasteiger partial charge in [0.2, 0.25) is 5.91 Å². The van der Waals surface area contributed by atoms with Crippen LogP contribution in [0.5, 0.6) is 17.2 Å². The van der Waals surface area contributed by atoms with Crippen LogP contribution in [-0.2, 0) is 16.0 Å². The van der Waals surface area contributed by atoms with E-state index in [1.807, 2.05) is 18.2 Å². The van der Waals surface area contributed by atoms with Gasteiger partial charge in [0.25, 0.3) is 0 Å². The average Bonchev–Trinajstić information content (AvgIpc) is 2.85. The molecule has 0 bridgehead atoms. The number of likely N-dealkylation sites (tertiary alicyclic amines) is 1. The second-order valence-electron chi connectivity index (χ2n) is 10.3. The van der Waals surface area contributed by atoms with E-state index in [1.165, 1.54) is 24.6 Å². The maximum Gasteiger partial charge on any atom is 0.490 e. The molecule has 1 saturated heterocycles. The van der Waals surface area contributed by atoms with Crippen molar-refractivity contribution in [3.63, 3.8) is 0 Å². The van der Waals surface area contributed by atoms with Gasteiger partial charge in [-0.3, -0.25) is 4.79 Å². The normalized spacial score (nSPS) is 17.9. The number of ether oxygens (including phenoxy) is 2. The van der Waals surface area contributed by atoms with Crippen molar-refractivity contribution in [2.24, 2.45) is 0 Å². The molecule has 2 aromatic carbocycles. The third-order valence-corrected chi connectivity index (χ3v) is 6.82. The van der Waals surface area contributed by atoms with Crippen LogP contribution >= 0.6 is 11.6 Å². The number of hydrogen-bond acceptors (Lipinski definition) is 7. The van der Waals surface area contributed by atoms with Crippen LogP contribution in [0.2, 0.25) is 5.02 Å². The Balaban J connectivity index is 0.000000559. The highest BCUT2D eigenvalue weighted by Crippen LogP contribution is 2.40. The molecule has 40 heavy (non-hydrogen) atoms. The first-order valence-corrected chi connectivity index (χ1v) is 12.9. The number of carbonyl (C=O) groups is 2. The molecule has 2 heterocycles. The Kier molecular flexibility index (Phi) is 9.81. The highest BCUT2D eigenvalue weighted by atomic mass is 35.5. The van der Waals surface area contributed by atoms with E-state index in [2.05, 4.69) is 10.2 Å². The zero-order valence-electron chi connectivity index (χ0n) is 22.1. The number of aromatic hydroxyl groups is 1. The largest absolute Gasteiger partial charge is 0.508 e. The number of amides is 1. The number of alkyl halides is 3. The molecule has 0 unspecified atom stereocenters. The van der Waals surface area contributed by atoms with Crippen LogP contribution in [0.15, 0.2) is 36.4 Å². The maximum atomic E-state index is 11.4. The van der Waals surface area contributed by atoms with Crippen molar-refractivity contribution in [2.45, 2.75) is 56.9 Å². The number of anilines is 1. The second kappa shape index (κ2) is 12.5. The van der Waals surface area contributed by atoms with Crippen LogP contribution in [0.25, 0.3) is 0 Å². The summed E-state index contributed by atoms with van der Waals surface area (Å²) in [6.45, 7) is 5.25. The number of fused-ring (bicyclic) bond motifs is 1. The van der Waals surface area contributed by atoms with Gasteiger partial charge in [0, 0.05) is 37.6 Å². The number of phenols is 1. The number of hydrogen-bond donors (Lipinski definition) is 4. The number of piperidine rings is 1. The lowest BCUT2D eigenvalue weighted by Gasteiger charge is -2.45. The molecular formula is C27H32ClF3N2O7. The summed E-state index contributed by atoms with van der Waals surface area (Å²) in [5, 5.41) is 31.3. The van der Waals surface area contributed by atoms with Gasteiger partial charge in [0.15, 0.2) is 0 Å². The number of aryl methyl sites for hydroxylation is 1. The fourth-order valence-electron chi connectivity index (χ4n) is 4.64. The third kappa shape index (κ3) is 8.90. The molecule has 9 nitrogen and oxygen atoms in total. The van der Waals surface area contributed by atoms with Crippen molar-refractivity contribution in [3.8, 4) is 17.2 Å². The fraction of sp³-hybridized carbons (Fsp3) is 0.481. The van der Waals surface area contributed by atoms with E-state index in [4.69, 9.17) is 31.0 Å². The summed E-state index contributed by atoms with van der Waals surface area (Å²) in [7, 11) is 0. The first kappa shape index (κ1) is 31.3. The molecule has 2 aliphatic rings. The molecule has 13 heteroatoms. The number of aliphatic carboxylic acids is 1. The Hall–Kier alpha value is -3.22. The highest BCUT2D eigenvalue weighted by Gasteiger charge is 2.41. The van der Waals surface area contributed by atoms with Crippen molar-refractivity contribution in [3.05, 3.63) is 47.0 Å². The molecule has 220 valence electrons. The number of phenolic OH excluding ortho intramolecular Hbond substituents is 1. The molecule has 0 aromatic heterocycles. The lowest BCUT2D eigenvalue weighted by Crippen LogP contribution is -2.53. The minimum Gasteiger partial charge on any atom is -0.508 e. The van der Waals surface area contributed by atoms with Gasteiger partial charge >= 0.3 is 12.1 Å². The van der Waals surface area contributed by atoms with Gasteiger partial charge in [-0.2, -0.15) is 13.2 Å². The number of benzene rings is 2. The van der Waals surface area contributed by atoms with E-state index in [-0.39, 0.29) is 23.9 Å². The van der Waals surface area contributed by atoms with E-state index in [9.17, 15) is 28.2 Å². The standard InChI is InChI=1S/C25H31ClN2O5.C2HF3O2/c1-17(29)27-21-5-4-20(30)14-23(21)32-16-24(2,31)15-28-11-9-25(10-12-28)8-7-18-13-19(26)3-6-22(18)33-25;3-2(4,5)1(6)7/h3-6,13-14,30-31H,7-12,15-16H2,1-2H3,(H,27,29);(H,6,7)/t24-;/m0./s1. The van der Waals surface area contributed by atoms with Gasteiger partial charge in [-0.05, 0) is 68.5 Å². The molecule has 1 amide bonds. The molecular weight excluding hydrogens is 557 g/mol. The SMILES string of the molecule is CC(=O)Nc1ccc(O)cc1OC[C@@](C)(O)CN1CCC2(CCc3cc(Cl)ccc3O2)CC1.O=C(O)C(F)(F)F. The van der Waals surface area contributed by atoms with Gasteiger partial charge in [0.05, 0.1) is 5.69 Å². The van der Waals surface area contributed by atoms with Crippen LogP contribution in [0.4, 0.5) is 18.9 Å². The van der Waals surface area contributed by atoms with Crippen LogP contribution in [-0.4, -0.2) is 75.7 Å². The van der Waals surface area contributed by atoms with Gasteiger partial charge in [-0.1, -0.05) is 11.6 Å². The molecule has 0 saturated carbocycles. The molecule has 1 spiro atoms. The van der Waals surface area contributed by atoms with Crippen LogP contribution < -0.4 is 14.8 Å². The number of β-amino-alcohol motifs (C(OH)–C–C–N with tert-alkyl or cyclic N) is 1. The smallest absolute Gasteiger partial charge is 0.490 e. The Morgan fingerprint density at radius 1 is 1.15 bits per heavy atom. The van der Waals surface area contributed by atoms with Crippen molar-refractivity contribution in [1.82, 2.24) is 4.90 Å². The van der Waals surface area contributed by atoms with E-state index in [0.29, 0.717) is 18.0 Å². The third-order valence-electron chi connectivity index (χ3n) is 6.59. The number of nitrogens with zero attached hydrogens (tertiary/aromatic N) is 1. The van der Waals surface area contributed by atoms with Gasteiger partial charge in [-0.15, -0.1) is 0 Å². The summed E-state index contributed by atoms with van der Waals surface area (Å²) in [6, 6.07) is 10.3. The summed E-state index contributed by atoms with van der Waals surface area (Å²) < 4.78 is 44.0. The van der Waals surface area contributed by atoms with E-state index in [0.717, 1.165) is 49.5 Å². The minimum atomic E-state index is -5.08. The van der Waals surface area contributed by atoms with Crippen molar-refractivity contribution in [1.29, 1.82) is 0 Å². The number of carboxylic acid groups (broad SMARTS) is 1. The molecule has 4 rings (SSSR count). The zero-order chi connectivity index (χ0) is 29.7. The van der Waals surface area contributed by atoms with E-state index >= 15 is 0 Å². The number of halogens is 4. The summed E-state index contributed by atoms with van der Waals surface area (Å²) >= 11 is 6.11. The molecule has 4 N–H and O–H groups in total. The van der Waals surface area contributed by atoms with Crippen LogP contribution in [0.1, 0.15) is 38.7 Å². The van der Waals surface area contributed by atoms with Gasteiger partial charge < -0.3 is 35.0 Å². The molecule has 2 aliphatic heterocycles. The predicted molar refractivity (Wildman–Crippen MR) is 141 cm³/mol. The van der Waals surface area contributed by atoms with E-state index < -0.39 is 17.7 Å². The lowest BCUT2D eigenvalue weighted by atomic mass is 9.83. The summed E-state index contributed by atoms with van der Waals surface area (Å²) in [4.78, 5) is 22.5. The summed E-state index contributed by atoms with van der Waals surface area (Å²) in [5.41, 5.74) is 0.350. The maximum absolute atomic E-state index is 11.4. The minimum absolute atomic E-state index is 0.0231. The summed E-state index contributed by atoms with van der Waals surface area (Å²) in [5.74, 6) is -1.72. The Labute approximate surface area is 234 Å². The monoisotopic (exact) mass is 588 g/mol. The number of rotatable bonds is 6. The molecule has 0 radical (unpaired) electrons. The molecule has 0 aliphatic carbocycles. The fourth-order valence-corrected chi connectivity index (χ4v) is 4.84. The number of carboxylic acids is 1. The highest BCUT2D eigenvalue weighted by molar-refractivity contribution is 6.30. The first-order valence-electron chi connectivity index (χ1n) is 12.5. The molecule has 2 aromatic rings. The average molecular weight is 589 g/mol. The lowest BCUT2D eigenvalue weighted by molar-refractivity contribution is -0.192. The topological polar surface area (TPSA) is 129 Å². The van der Waals surface area contributed by atoms with Crippen molar-refractivity contribution < 1.29 is 47.6 Å². The zero-order valence-corrected chi connectivity index (χ0v) is 22.8. The van der Waals surface area contributed by atoms with Crippen molar-refractivity contribution in [2.75, 3.05) is 31.6 Å². The summed E-state index contributed by atoms with van der Waals surface area (Å²) in [6.07, 6.45) is -1.37. The van der Waals surface area contributed by atoms with Crippen LogP contribution in [0.3, 0.4) is 0 Å². The molecule has 1 atom stereocenters. The quantitative estimate of drug-likeness (QED) is 0.360. The van der Waals surface area contributed by atoms with Gasteiger partial charge in [0.1, 0.15) is 35.1 Å². The van der Waals surface area contributed by atoms with Crippen LogP contribution in [0, 0.1) is 0 Å². The predicted octanol–water partition coefficient (Wildman–Crippen LogP) is 4.63. The number of carbonyl (C=O) groups excluding carboxylic acids is 1. The first-order chi connectivity index (χ1) is 18.6.